The van der Waals surface area contributed by atoms with Crippen LogP contribution in [0.1, 0.15) is 18.9 Å². The van der Waals surface area contributed by atoms with Gasteiger partial charge in [0.2, 0.25) is 5.91 Å². The maximum atomic E-state index is 12.3. The van der Waals surface area contributed by atoms with Crippen molar-refractivity contribution in [2.45, 2.75) is 24.7 Å². The fourth-order valence-corrected chi connectivity index (χ4v) is 4.41. The van der Waals surface area contributed by atoms with Crippen LogP contribution in [0, 0.1) is 0 Å². The first kappa shape index (κ1) is 21.1. The fourth-order valence-electron chi connectivity index (χ4n) is 2.77. The predicted molar refractivity (Wildman–Crippen MR) is 114 cm³/mol. The summed E-state index contributed by atoms with van der Waals surface area (Å²) in [6.07, 6.45) is 1.98. The quantitative estimate of drug-likeness (QED) is 0.581. The number of hydrogen-bond donors (Lipinski definition) is 1. The van der Waals surface area contributed by atoms with Crippen molar-refractivity contribution in [3.63, 3.8) is 0 Å². The minimum atomic E-state index is -3.29. The van der Waals surface area contributed by atoms with Gasteiger partial charge in [-0.1, -0.05) is 17.4 Å². The van der Waals surface area contributed by atoms with Gasteiger partial charge >= 0.3 is 0 Å². The normalized spacial score (nSPS) is 11.4. The van der Waals surface area contributed by atoms with Gasteiger partial charge in [-0.05, 0) is 49.2 Å². The highest BCUT2D eigenvalue weighted by Crippen LogP contribution is 2.30. The Morgan fingerprint density at radius 3 is 2.66 bits per heavy atom. The van der Waals surface area contributed by atoms with Gasteiger partial charge in [0, 0.05) is 12.7 Å². The molecule has 3 aromatic rings. The number of anilines is 1. The molecule has 0 atom stereocenters. The third-order valence-corrected chi connectivity index (χ3v) is 6.25. The predicted octanol–water partition coefficient (Wildman–Crippen LogP) is 3.68. The third-order valence-electron chi connectivity index (χ3n) is 4.20. The van der Waals surface area contributed by atoms with E-state index < -0.39 is 9.84 Å². The SMILES string of the molecule is CCOc1ccc(CCC(=O)Nc2nc3ccc(S(C)(=O)=O)cc3s2)cc1OC. The van der Waals surface area contributed by atoms with Crippen LogP contribution in [0.5, 0.6) is 11.5 Å². The zero-order valence-corrected chi connectivity index (χ0v) is 18.0. The summed E-state index contributed by atoms with van der Waals surface area (Å²) in [5.41, 5.74) is 1.61. The molecule has 3 rings (SSSR count). The second-order valence-corrected chi connectivity index (χ2v) is 9.43. The molecule has 0 aliphatic heterocycles. The molecular weight excluding hydrogens is 412 g/mol. The lowest BCUT2D eigenvalue weighted by atomic mass is 10.1. The molecular formula is C20H22N2O5S2. The van der Waals surface area contributed by atoms with E-state index in [0.717, 1.165) is 11.8 Å². The number of carbonyl (C=O) groups is 1. The lowest BCUT2D eigenvalue weighted by Crippen LogP contribution is -2.12. The second-order valence-electron chi connectivity index (χ2n) is 6.39. The number of methoxy groups -OCH3 is 1. The number of benzene rings is 2. The third kappa shape index (κ3) is 5.24. The summed E-state index contributed by atoms with van der Waals surface area (Å²) < 4.78 is 34.9. The van der Waals surface area contributed by atoms with Crippen LogP contribution in [0.3, 0.4) is 0 Å². The molecule has 1 aromatic heterocycles. The zero-order valence-electron chi connectivity index (χ0n) is 16.4. The number of amides is 1. The molecule has 0 bridgehead atoms. The smallest absolute Gasteiger partial charge is 0.226 e. The van der Waals surface area contributed by atoms with Crippen LogP contribution in [0.25, 0.3) is 10.2 Å². The van der Waals surface area contributed by atoms with Crippen molar-refractivity contribution in [1.82, 2.24) is 4.98 Å². The summed E-state index contributed by atoms with van der Waals surface area (Å²) in [5, 5.41) is 3.23. The van der Waals surface area contributed by atoms with Crippen LogP contribution in [0.4, 0.5) is 5.13 Å². The molecule has 1 amide bonds. The highest BCUT2D eigenvalue weighted by molar-refractivity contribution is 7.90. The lowest BCUT2D eigenvalue weighted by Gasteiger charge is -2.10. The van der Waals surface area contributed by atoms with Crippen molar-refractivity contribution >= 4 is 42.4 Å². The van der Waals surface area contributed by atoms with Crippen molar-refractivity contribution in [2.24, 2.45) is 0 Å². The molecule has 2 aromatic carbocycles. The molecule has 0 saturated heterocycles. The van der Waals surface area contributed by atoms with Crippen LogP contribution in [0.2, 0.25) is 0 Å². The Balaban J connectivity index is 1.65. The van der Waals surface area contributed by atoms with Crippen LogP contribution >= 0.6 is 11.3 Å². The first-order chi connectivity index (χ1) is 13.8. The standard InChI is InChI=1S/C20H22N2O5S2/c1-4-27-16-9-5-13(11-17(16)26-2)6-10-19(23)22-20-21-15-8-7-14(29(3,24)25)12-18(15)28-20/h5,7-9,11-12H,4,6,10H2,1-3H3,(H,21,22,23). The molecule has 0 fully saturated rings. The molecule has 1 N–H and O–H groups in total. The number of aryl methyl sites for hydroxylation is 1. The second kappa shape index (κ2) is 8.79. The Morgan fingerprint density at radius 2 is 1.97 bits per heavy atom. The van der Waals surface area contributed by atoms with Crippen molar-refractivity contribution in [3.8, 4) is 11.5 Å². The van der Waals surface area contributed by atoms with E-state index in [4.69, 9.17) is 9.47 Å². The highest BCUT2D eigenvalue weighted by atomic mass is 32.2. The monoisotopic (exact) mass is 434 g/mol. The molecule has 0 aliphatic rings. The highest BCUT2D eigenvalue weighted by Gasteiger charge is 2.13. The van der Waals surface area contributed by atoms with E-state index in [1.54, 1.807) is 19.2 Å². The number of aromatic nitrogens is 1. The van der Waals surface area contributed by atoms with E-state index in [1.807, 2.05) is 25.1 Å². The number of fused-ring (bicyclic) bond motifs is 1. The van der Waals surface area contributed by atoms with E-state index >= 15 is 0 Å². The summed E-state index contributed by atoms with van der Waals surface area (Å²) in [4.78, 5) is 16.9. The van der Waals surface area contributed by atoms with E-state index in [0.29, 0.717) is 39.9 Å². The number of nitrogens with one attached hydrogen (secondary N) is 1. The fraction of sp³-hybridized carbons (Fsp3) is 0.300. The summed E-state index contributed by atoms with van der Waals surface area (Å²) >= 11 is 1.25. The molecule has 0 aliphatic carbocycles. The van der Waals surface area contributed by atoms with Gasteiger partial charge in [0.25, 0.3) is 0 Å². The molecule has 0 saturated carbocycles. The van der Waals surface area contributed by atoms with Crippen LogP contribution in [0.15, 0.2) is 41.3 Å². The van der Waals surface area contributed by atoms with Crippen molar-refractivity contribution in [1.29, 1.82) is 0 Å². The van der Waals surface area contributed by atoms with Crippen LogP contribution in [-0.4, -0.2) is 39.3 Å². The molecule has 0 radical (unpaired) electrons. The van der Waals surface area contributed by atoms with Gasteiger partial charge in [0.15, 0.2) is 26.5 Å². The summed E-state index contributed by atoms with van der Waals surface area (Å²) in [6, 6.07) is 10.3. The maximum absolute atomic E-state index is 12.3. The number of rotatable bonds is 8. The molecule has 29 heavy (non-hydrogen) atoms. The van der Waals surface area contributed by atoms with E-state index in [9.17, 15) is 13.2 Å². The minimum Gasteiger partial charge on any atom is -0.493 e. The Bertz CT molecular complexity index is 1140. The summed E-state index contributed by atoms with van der Waals surface area (Å²) in [5.74, 6) is 1.14. The Kier molecular flexibility index (Phi) is 6.39. The van der Waals surface area contributed by atoms with E-state index in [2.05, 4.69) is 10.3 Å². The van der Waals surface area contributed by atoms with Gasteiger partial charge in [-0.2, -0.15) is 0 Å². The number of hydrogen-bond acceptors (Lipinski definition) is 7. The van der Waals surface area contributed by atoms with Gasteiger partial charge in [-0.25, -0.2) is 13.4 Å². The summed E-state index contributed by atoms with van der Waals surface area (Å²) in [6.45, 7) is 2.45. The average molecular weight is 435 g/mol. The van der Waals surface area contributed by atoms with E-state index in [-0.39, 0.29) is 17.2 Å². The lowest BCUT2D eigenvalue weighted by molar-refractivity contribution is -0.116. The Hall–Kier alpha value is -2.65. The molecule has 0 unspecified atom stereocenters. The molecule has 9 heteroatoms. The van der Waals surface area contributed by atoms with Crippen molar-refractivity contribution in [2.75, 3.05) is 25.3 Å². The Labute approximate surface area is 173 Å². The van der Waals surface area contributed by atoms with Gasteiger partial charge in [0.05, 0.1) is 28.8 Å². The molecule has 7 nitrogen and oxygen atoms in total. The van der Waals surface area contributed by atoms with Gasteiger partial charge in [0.1, 0.15) is 0 Å². The van der Waals surface area contributed by atoms with Gasteiger partial charge < -0.3 is 14.8 Å². The number of ether oxygens (including phenoxy) is 2. The zero-order chi connectivity index (χ0) is 21.0. The number of nitrogens with zero attached hydrogens (tertiary/aromatic N) is 1. The molecule has 1 heterocycles. The Morgan fingerprint density at radius 1 is 1.17 bits per heavy atom. The number of carbonyl (C=O) groups excluding carboxylic acids is 1. The molecule has 154 valence electrons. The van der Waals surface area contributed by atoms with E-state index in [1.165, 1.54) is 17.4 Å². The van der Waals surface area contributed by atoms with Gasteiger partial charge in [-0.15, -0.1) is 0 Å². The first-order valence-corrected chi connectivity index (χ1v) is 11.7. The topological polar surface area (TPSA) is 94.6 Å². The van der Waals surface area contributed by atoms with Crippen molar-refractivity contribution < 1.29 is 22.7 Å². The maximum Gasteiger partial charge on any atom is 0.226 e. The first-order valence-electron chi connectivity index (χ1n) is 9.00. The molecule has 0 spiro atoms. The largest absolute Gasteiger partial charge is 0.493 e. The van der Waals surface area contributed by atoms with Gasteiger partial charge in [-0.3, -0.25) is 4.79 Å². The van der Waals surface area contributed by atoms with Crippen LogP contribution < -0.4 is 14.8 Å². The average Bonchev–Trinajstić information content (AvgIpc) is 3.08. The number of sulfone groups is 1. The number of thiazole rings is 1. The summed E-state index contributed by atoms with van der Waals surface area (Å²) in [7, 11) is -1.71. The minimum absolute atomic E-state index is 0.166. The van der Waals surface area contributed by atoms with Crippen LogP contribution in [-0.2, 0) is 21.1 Å². The van der Waals surface area contributed by atoms with Crippen molar-refractivity contribution in [3.05, 3.63) is 42.0 Å².